The highest BCUT2D eigenvalue weighted by atomic mass is 32.1. The summed E-state index contributed by atoms with van der Waals surface area (Å²) in [6.45, 7) is 5.33. The number of carbonyl (C=O) groups excluding carboxylic acids is 1. The van der Waals surface area contributed by atoms with Crippen LogP contribution >= 0.6 is 11.3 Å². The molecule has 110 valence electrons. The van der Waals surface area contributed by atoms with Gasteiger partial charge in [-0.15, -0.1) is 11.3 Å². The number of nitrogens with zero attached hydrogens (tertiary/aromatic N) is 4. The number of thiazole rings is 1. The second-order valence-corrected chi connectivity index (χ2v) is 6.30. The lowest BCUT2D eigenvalue weighted by atomic mass is 9.98. The minimum atomic E-state index is -0.00141. The largest absolute Gasteiger partial charge is 0.337 e. The number of piperidine rings is 1. The molecule has 2 aromatic heterocycles. The molecule has 1 aliphatic rings. The molecule has 21 heavy (non-hydrogen) atoms. The number of amides is 1. The van der Waals surface area contributed by atoms with Crippen LogP contribution in [-0.2, 0) is 0 Å². The third-order valence-corrected chi connectivity index (χ3v) is 4.81. The van der Waals surface area contributed by atoms with Gasteiger partial charge in [0.15, 0.2) is 0 Å². The van der Waals surface area contributed by atoms with E-state index in [1.165, 1.54) is 0 Å². The Morgan fingerprint density at radius 1 is 1.38 bits per heavy atom. The summed E-state index contributed by atoms with van der Waals surface area (Å²) in [6, 6.07) is 1.69. The van der Waals surface area contributed by atoms with Crippen LogP contribution in [0.2, 0.25) is 0 Å². The lowest BCUT2D eigenvalue weighted by Crippen LogP contribution is -2.39. The van der Waals surface area contributed by atoms with Gasteiger partial charge in [-0.3, -0.25) is 4.79 Å². The highest BCUT2D eigenvalue weighted by Gasteiger charge is 2.27. The predicted octanol–water partition coefficient (Wildman–Crippen LogP) is 2.57. The van der Waals surface area contributed by atoms with Gasteiger partial charge in [0.05, 0.1) is 5.01 Å². The third-order valence-electron chi connectivity index (χ3n) is 3.69. The van der Waals surface area contributed by atoms with Crippen molar-refractivity contribution in [3.63, 3.8) is 0 Å². The fourth-order valence-corrected chi connectivity index (χ4v) is 3.59. The minimum absolute atomic E-state index is 0.00141. The van der Waals surface area contributed by atoms with E-state index < -0.39 is 0 Å². The first-order valence-corrected chi connectivity index (χ1v) is 8.02. The van der Waals surface area contributed by atoms with Crippen molar-refractivity contribution in [1.82, 2.24) is 19.9 Å². The molecule has 0 radical (unpaired) electrons. The van der Waals surface area contributed by atoms with Gasteiger partial charge in [0.25, 0.3) is 5.91 Å². The fraction of sp³-hybridized carbons (Fsp3) is 0.467. The molecule has 5 nitrogen and oxygen atoms in total. The van der Waals surface area contributed by atoms with Gasteiger partial charge in [-0.1, -0.05) is 0 Å². The summed E-state index contributed by atoms with van der Waals surface area (Å²) < 4.78 is 0. The maximum Gasteiger partial charge on any atom is 0.272 e. The van der Waals surface area contributed by atoms with E-state index in [1.54, 1.807) is 30.5 Å². The maximum atomic E-state index is 12.6. The Balaban J connectivity index is 1.75. The summed E-state index contributed by atoms with van der Waals surface area (Å²) in [5.74, 6) is 0.979. The third kappa shape index (κ3) is 3.10. The zero-order valence-corrected chi connectivity index (χ0v) is 13.1. The van der Waals surface area contributed by atoms with Gasteiger partial charge >= 0.3 is 0 Å². The topological polar surface area (TPSA) is 59.0 Å². The van der Waals surface area contributed by atoms with Crippen LogP contribution in [0.3, 0.4) is 0 Å². The lowest BCUT2D eigenvalue weighted by Gasteiger charge is -2.31. The number of aryl methyl sites for hydroxylation is 2. The highest BCUT2D eigenvalue weighted by Crippen LogP contribution is 2.29. The molecule has 1 saturated heterocycles. The van der Waals surface area contributed by atoms with E-state index in [1.807, 2.05) is 11.8 Å². The second kappa shape index (κ2) is 5.89. The monoisotopic (exact) mass is 302 g/mol. The Kier molecular flexibility index (Phi) is 3.96. The summed E-state index contributed by atoms with van der Waals surface area (Å²) >= 11 is 1.69. The fourth-order valence-electron chi connectivity index (χ4n) is 2.66. The van der Waals surface area contributed by atoms with Crippen molar-refractivity contribution in [2.75, 3.05) is 13.1 Å². The number of rotatable bonds is 2. The van der Waals surface area contributed by atoms with Crippen LogP contribution in [0.1, 0.15) is 45.8 Å². The maximum absolute atomic E-state index is 12.6. The van der Waals surface area contributed by atoms with Gasteiger partial charge < -0.3 is 4.90 Å². The Hall–Kier alpha value is -1.82. The molecule has 2 aromatic rings. The standard InChI is InChI=1S/C15H18N4OS/c1-10-9-21-14(17-10)12-4-3-7-19(8-12)15(20)13-5-6-16-11(2)18-13/h5-6,9,12H,3-4,7-8H2,1-2H3. The van der Waals surface area contributed by atoms with E-state index in [4.69, 9.17) is 0 Å². The first-order chi connectivity index (χ1) is 10.1. The Morgan fingerprint density at radius 3 is 2.95 bits per heavy atom. The smallest absolute Gasteiger partial charge is 0.272 e. The summed E-state index contributed by atoms with van der Waals surface area (Å²) in [4.78, 5) is 27.3. The number of carbonyl (C=O) groups is 1. The Labute approximate surface area is 128 Å². The zero-order chi connectivity index (χ0) is 14.8. The quantitative estimate of drug-likeness (QED) is 0.855. The molecule has 0 N–H and O–H groups in total. The van der Waals surface area contributed by atoms with E-state index >= 15 is 0 Å². The average Bonchev–Trinajstić information content (AvgIpc) is 2.93. The van der Waals surface area contributed by atoms with Crippen LogP contribution < -0.4 is 0 Å². The summed E-state index contributed by atoms with van der Waals surface area (Å²) in [7, 11) is 0. The molecule has 0 bridgehead atoms. The van der Waals surface area contributed by atoms with Crippen LogP contribution in [0.25, 0.3) is 0 Å². The van der Waals surface area contributed by atoms with Crippen LogP contribution in [0.5, 0.6) is 0 Å². The number of hydrogen-bond acceptors (Lipinski definition) is 5. The van der Waals surface area contributed by atoms with Crippen molar-refractivity contribution in [2.24, 2.45) is 0 Å². The van der Waals surface area contributed by atoms with Crippen LogP contribution in [0.15, 0.2) is 17.6 Å². The van der Waals surface area contributed by atoms with Gasteiger partial charge in [-0.05, 0) is 32.8 Å². The molecule has 0 spiro atoms. The first kappa shape index (κ1) is 14.1. The Morgan fingerprint density at radius 2 is 2.24 bits per heavy atom. The van der Waals surface area contributed by atoms with Gasteiger partial charge in [-0.25, -0.2) is 15.0 Å². The van der Waals surface area contributed by atoms with Crippen molar-refractivity contribution in [1.29, 1.82) is 0 Å². The molecular weight excluding hydrogens is 284 g/mol. The molecule has 3 heterocycles. The number of likely N-dealkylation sites (tertiary alicyclic amines) is 1. The highest BCUT2D eigenvalue weighted by molar-refractivity contribution is 7.09. The van der Waals surface area contributed by atoms with Crippen molar-refractivity contribution >= 4 is 17.2 Å². The van der Waals surface area contributed by atoms with E-state index in [2.05, 4.69) is 20.3 Å². The molecule has 0 saturated carbocycles. The summed E-state index contributed by atoms with van der Waals surface area (Å²) in [5.41, 5.74) is 1.54. The number of hydrogen-bond donors (Lipinski definition) is 0. The molecule has 1 amide bonds. The molecule has 3 rings (SSSR count). The van der Waals surface area contributed by atoms with Gasteiger partial charge in [0, 0.05) is 36.3 Å². The zero-order valence-electron chi connectivity index (χ0n) is 12.2. The molecule has 1 aliphatic heterocycles. The molecule has 1 unspecified atom stereocenters. The normalized spacial score (nSPS) is 18.8. The minimum Gasteiger partial charge on any atom is -0.337 e. The molecule has 0 aromatic carbocycles. The molecule has 1 fully saturated rings. The van der Waals surface area contributed by atoms with E-state index in [9.17, 15) is 4.79 Å². The van der Waals surface area contributed by atoms with Crippen molar-refractivity contribution in [3.05, 3.63) is 39.9 Å². The second-order valence-electron chi connectivity index (χ2n) is 5.41. The first-order valence-electron chi connectivity index (χ1n) is 7.14. The summed E-state index contributed by atoms with van der Waals surface area (Å²) in [5, 5.41) is 3.22. The summed E-state index contributed by atoms with van der Waals surface area (Å²) in [6.07, 6.45) is 3.75. The molecular formula is C15H18N4OS. The average molecular weight is 302 g/mol. The van der Waals surface area contributed by atoms with Gasteiger partial charge in [-0.2, -0.15) is 0 Å². The lowest BCUT2D eigenvalue weighted by molar-refractivity contribution is 0.0700. The van der Waals surface area contributed by atoms with Crippen LogP contribution in [-0.4, -0.2) is 38.8 Å². The van der Waals surface area contributed by atoms with E-state index in [0.29, 0.717) is 17.4 Å². The molecule has 6 heteroatoms. The molecule has 0 aliphatic carbocycles. The van der Waals surface area contributed by atoms with Crippen LogP contribution in [0, 0.1) is 13.8 Å². The van der Waals surface area contributed by atoms with Crippen LogP contribution in [0.4, 0.5) is 0 Å². The van der Waals surface area contributed by atoms with Gasteiger partial charge in [0.2, 0.25) is 0 Å². The van der Waals surface area contributed by atoms with Crippen molar-refractivity contribution < 1.29 is 4.79 Å². The van der Waals surface area contributed by atoms with Crippen molar-refractivity contribution in [2.45, 2.75) is 32.6 Å². The Bertz CT molecular complexity index is 655. The van der Waals surface area contributed by atoms with Crippen molar-refractivity contribution in [3.8, 4) is 0 Å². The van der Waals surface area contributed by atoms with E-state index in [0.717, 1.165) is 36.6 Å². The molecule has 1 atom stereocenters. The SMILES string of the molecule is Cc1csc(C2CCCN(C(=O)c3ccnc(C)n3)C2)n1. The van der Waals surface area contributed by atoms with Gasteiger partial charge in [0.1, 0.15) is 11.5 Å². The van der Waals surface area contributed by atoms with E-state index in [-0.39, 0.29) is 5.91 Å². The number of aromatic nitrogens is 3. The predicted molar refractivity (Wildman–Crippen MR) is 81.5 cm³/mol.